The fourth-order valence-electron chi connectivity index (χ4n) is 1.60. The summed E-state index contributed by atoms with van der Waals surface area (Å²) in [7, 11) is 1.94. The molecule has 4 heteroatoms. The van der Waals surface area contributed by atoms with Crippen molar-refractivity contribution in [3.8, 4) is 0 Å². The molecular weight excluding hydrogens is 269 g/mol. The zero-order valence-corrected chi connectivity index (χ0v) is 12.6. The monoisotopic (exact) mass is 287 g/mol. The Labute approximate surface area is 119 Å². The van der Waals surface area contributed by atoms with Gasteiger partial charge in [-0.05, 0) is 44.1 Å². The molecule has 0 aliphatic rings. The van der Waals surface area contributed by atoms with Crippen LogP contribution in [0.5, 0.6) is 0 Å². The van der Waals surface area contributed by atoms with Crippen LogP contribution in [0.25, 0.3) is 0 Å². The lowest BCUT2D eigenvalue weighted by molar-refractivity contribution is 0.0944. The predicted octanol–water partition coefficient (Wildman–Crippen LogP) is 4.15. The molecule has 0 aliphatic heterocycles. The summed E-state index contributed by atoms with van der Waals surface area (Å²) in [5.41, 5.74) is 0.501. The van der Waals surface area contributed by atoms with Gasteiger partial charge in [-0.3, -0.25) is 9.69 Å². The first kappa shape index (κ1) is 15.5. The molecule has 0 radical (unpaired) electrons. The predicted molar refractivity (Wildman–Crippen MR) is 77.7 cm³/mol. The van der Waals surface area contributed by atoms with E-state index in [0.29, 0.717) is 28.1 Å². The maximum atomic E-state index is 12.1. The van der Waals surface area contributed by atoms with Crippen molar-refractivity contribution in [3.05, 3.63) is 33.8 Å². The average Bonchev–Trinajstić information content (AvgIpc) is 2.29. The summed E-state index contributed by atoms with van der Waals surface area (Å²) in [6, 6.07) is 4.97. The standard InChI is InChI=1S/C14H19Cl2NO/c1-10(2)6-7-17(3)9-14(18)12-8-11(15)4-5-13(12)16/h4-5,8,10H,6-7,9H2,1-3H3. The number of ketones is 1. The average molecular weight is 288 g/mol. The van der Waals surface area contributed by atoms with Gasteiger partial charge in [0.25, 0.3) is 0 Å². The third-order valence-corrected chi connectivity index (χ3v) is 3.30. The molecule has 0 bridgehead atoms. The summed E-state index contributed by atoms with van der Waals surface area (Å²) in [5.74, 6) is 0.645. The van der Waals surface area contributed by atoms with Crippen LogP contribution in [0.4, 0.5) is 0 Å². The van der Waals surface area contributed by atoms with Crippen LogP contribution in [-0.2, 0) is 0 Å². The Balaban J connectivity index is 2.62. The van der Waals surface area contributed by atoms with Gasteiger partial charge in [-0.2, -0.15) is 0 Å². The van der Waals surface area contributed by atoms with E-state index in [1.54, 1.807) is 18.2 Å². The van der Waals surface area contributed by atoms with Crippen LogP contribution in [0, 0.1) is 5.92 Å². The highest BCUT2D eigenvalue weighted by molar-refractivity contribution is 6.36. The number of hydrogen-bond acceptors (Lipinski definition) is 2. The third-order valence-electron chi connectivity index (χ3n) is 2.73. The second-order valence-corrected chi connectivity index (χ2v) is 5.81. The van der Waals surface area contributed by atoms with E-state index in [-0.39, 0.29) is 5.78 Å². The fourth-order valence-corrected chi connectivity index (χ4v) is 1.99. The van der Waals surface area contributed by atoms with Gasteiger partial charge in [0.2, 0.25) is 0 Å². The second kappa shape index (κ2) is 7.13. The number of hydrogen-bond donors (Lipinski definition) is 0. The van der Waals surface area contributed by atoms with Crippen LogP contribution in [0.1, 0.15) is 30.6 Å². The normalized spacial score (nSPS) is 11.3. The molecule has 0 heterocycles. The van der Waals surface area contributed by atoms with E-state index in [1.165, 1.54) is 0 Å². The van der Waals surface area contributed by atoms with Gasteiger partial charge in [0.1, 0.15) is 0 Å². The number of carbonyl (C=O) groups excluding carboxylic acids is 1. The summed E-state index contributed by atoms with van der Waals surface area (Å²) in [6.07, 6.45) is 1.08. The van der Waals surface area contributed by atoms with E-state index in [4.69, 9.17) is 23.2 Å². The molecule has 1 aromatic carbocycles. The van der Waals surface area contributed by atoms with Crippen LogP contribution >= 0.6 is 23.2 Å². The number of carbonyl (C=O) groups is 1. The summed E-state index contributed by atoms with van der Waals surface area (Å²) in [6.45, 7) is 5.61. The van der Waals surface area contributed by atoms with Crippen LogP contribution in [-0.4, -0.2) is 30.8 Å². The van der Waals surface area contributed by atoms with Crippen LogP contribution in [0.3, 0.4) is 0 Å². The maximum Gasteiger partial charge on any atom is 0.178 e. The zero-order chi connectivity index (χ0) is 13.7. The Kier molecular flexibility index (Phi) is 6.13. The van der Waals surface area contributed by atoms with Gasteiger partial charge in [-0.1, -0.05) is 37.0 Å². The first-order chi connectivity index (χ1) is 8.40. The minimum atomic E-state index is 0.00811. The molecule has 0 N–H and O–H groups in total. The molecule has 0 unspecified atom stereocenters. The van der Waals surface area contributed by atoms with Gasteiger partial charge in [0, 0.05) is 10.6 Å². The number of Topliss-reactive ketones (excluding diaryl/α,β-unsaturated/α-hetero) is 1. The van der Waals surface area contributed by atoms with Gasteiger partial charge < -0.3 is 0 Å². The Hall–Kier alpha value is -0.570. The minimum Gasteiger partial charge on any atom is -0.299 e. The topological polar surface area (TPSA) is 20.3 Å². The molecule has 1 rings (SSSR count). The summed E-state index contributed by atoms with van der Waals surface area (Å²) in [4.78, 5) is 14.1. The van der Waals surface area contributed by atoms with Crippen molar-refractivity contribution in [2.24, 2.45) is 5.92 Å². The molecule has 0 saturated carbocycles. The van der Waals surface area contributed by atoms with E-state index in [1.807, 2.05) is 11.9 Å². The molecule has 0 aliphatic carbocycles. The summed E-state index contributed by atoms with van der Waals surface area (Å²) < 4.78 is 0. The molecule has 18 heavy (non-hydrogen) atoms. The van der Waals surface area contributed by atoms with Crippen molar-refractivity contribution in [2.75, 3.05) is 20.1 Å². The molecular formula is C14H19Cl2NO. The lowest BCUT2D eigenvalue weighted by Crippen LogP contribution is -2.27. The number of halogens is 2. The van der Waals surface area contributed by atoms with Crippen LogP contribution in [0.2, 0.25) is 10.0 Å². The minimum absolute atomic E-state index is 0.00811. The summed E-state index contributed by atoms with van der Waals surface area (Å²) >= 11 is 11.9. The lowest BCUT2D eigenvalue weighted by atomic mass is 10.1. The van der Waals surface area contributed by atoms with E-state index in [9.17, 15) is 4.79 Å². The van der Waals surface area contributed by atoms with Gasteiger partial charge in [0.05, 0.1) is 11.6 Å². The van der Waals surface area contributed by atoms with Gasteiger partial charge in [-0.15, -0.1) is 0 Å². The van der Waals surface area contributed by atoms with Crippen LogP contribution in [0.15, 0.2) is 18.2 Å². The summed E-state index contributed by atoms with van der Waals surface area (Å²) in [5, 5.41) is 0.995. The first-order valence-electron chi connectivity index (χ1n) is 6.07. The molecule has 100 valence electrons. The Morgan fingerprint density at radius 2 is 2.00 bits per heavy atom. The number of rotatable bonds is 6. The number of benzene rings is 1. The highest BCUT2D eigenvalue weighted by Crippen LogP contribution is 2.21. The van der Waals surface area contributed by atoms with E-state index in [0.717, 1.165) is 13.0 Å². The third kappa shape index (κ3) is 4.97. The number of likely N-dealkylation sites (N-methyl/N-ethyl adjacent to an activating group) is 1. The van der Waals surface area contributed by atoms with E-state index in [2.05, 4.69) is 13.8 Å². The molecule has 0 amide bonds. The smallest absolute Gasteiger partial charge is 0.178 e. The Bertz CT molecular complexity index is 418. The Morgan fingerprint density at radius 3 is 2.61 bits per heavy atom. The van der Waals surface area contributed by atoms with Crippen LogP contribution < -0.4 is 0 Å². The lowest BCUT2D eigenvalue weighted by Gasteiger charge is -2.17. The van der Waals surface area contributed by atoms with Crippen molar-refractivity contribution in [1.29, 1.82) is 0 Å². The van der Waals surface area contributed by atoms with Crippen molar-refractivity contribution in [1.82, 2.24) is 4.90 Å². The van der Waals surface area contributed by atoms with E-state index >= 15 is 0 Å². The second-order valence-electron chi connectivity index (χ2n) is 4.97. The van der Waals surface area contributed by atoms with Crippen molar-refractivity contribution >= 4 is 29.0 Å². The SMILES string of the molecule is CC(C)CCN(C)CC(=O)c1cc(Cl)ccc1Cl. The highest BCUT2D eigenvalue weighted by Gasteiger charge is 2.13. The maximum absolute atomic E-state index is 12.1. The first-order valence-corrected chi connectivity index (χ1v) is 6.82. The molecule has 0 spiro atoms. The highest BCUT2D eigenvalue weighted by atomic mass is 35.5. The molecule has 0 saturated heterocycles. The molecule has 1 aromatic rings. The van der Waals surface area contributed by atoms with Gasteiger partial charge in [0.15, 0.2) is 5.78 Å². The largest absolute Gasteiger partial charge is 0.299 e. The van der Waals surface area contributed by atoms with E-state index < -0.39 is 0 Å². The van der Waals surface area contributed by atoms with Gasteiger partial charge in [-0.25, -0.2) is 0 Å². The van der Waals surface area contributed by atoms with Crippen molar-refractivity contribution < 1.29 is 4.79 Å². The fraction of sp³-hybridized carbons (Fsp3) is 0.500. The molecule has 0 aromatic heterocycles. The Morgan fingerprint density at radius 1 is 1.33 bits per heavy atom. The van der Waals surface area contributed by atoms with Crippen molar-refractivity contribution in [2.45, 2.75) is 20.3 Å². The number of nitrogens with zero attached hydrogens (tertiary/aromatic N) is 1. The zero-order valence-electron chi connectivity index (χ0n) is 11.0. The molecule has 2 nitrogen and oxygen atoms in total. The van der Waals surface area contributed by atoms with Gasteiger partial charge >= 0.3 is 0 Å². The molecule has 0 fully saturated rings. The quantitative estimate of drug-likeness (QED) is 0.733. The molecule has 0 atom stereocenters. The van der Waals surface area contributed by atoms with Crippen molar-refractivity contribution in [3.63, 3.8) is 0 Å².